The van der Waals surface area contributed by atoms with Crippen molar-refractivity contribution in [2.45, 2.75) is 38.5 Å². The molecule has 0 saturated carbocycles. The van der Waals surface area contributed by atoms with Crippen LogP contribution in [0.2, 0.25) is 0 Å². The van der Waals surface area contributed by atoms with Crippen LogP contribution in [0.4, 0.5) is 5.82 Å². The number of anilines is 1. The third-order valence-electron chi connectivity index (χ3n) is 4.25. The third-order valence-corrected chi connectivity index (χ3v) is 4.25. The van der Waals surface area contributed by atoms with Crippen LogP contribution in [-0.2, 0) is 17.3 Å². The number of aromatic nitrogens is 2. The van der Waals surface area contributed by atoms with E-state index in [9.17, 15) is 10.1 Å². The van der Waals surface area contributed by atoms with Crippen LogP contribution in [0.1, 0.15) is 55.5 Å². The lowest BCUT2D eigenvalue weighted by atomic mass is 9.78. The van der Waals surface area contributed by atoms with E-state index in [-0.39, 0.29) is 17.2 Å². The maximum Gasteiger partial charge on any atom is 0.226 e. The molecule has 0 saturated heterocycles. The zero-order chi connectivity index (χ0) is 16.8. The fourth-order valence-electron chi connectivity index (χ4n) is 3.21. The highest BCUT2D eigenvalue weighted by Gasteiger charge is 2.37. The number of rotatable bonds is 1. The SMILES string of the molecule is Cn1nc(C(C)(C)C)c2c1NC(=O)CC2c1ccccc1C#N. The van der Waals surface area contributed by atoms with Crippen molar-refractivity contribution in [3.8, 4) is 6.07 Å². The standard InChI is InChI=1S/C18H20N4O/c1-18(2,3)16-15-13(12-8-6-5-7-11(12)10-19)9-14(23)20-17(15)22(4)21-16/h5-8,13H,9H2,1-4H3,(H,20,23). The van der Waals surface area contributed by atoms with Crippen molar-refractivity contribution in [3.63, 3.8) is 0 Å². The Morgan fingerprint density at radius 2 is 2.04 bits per heavy atom. The summed E-state index contributed by atoms with van der Waals surface area (Å²) >= 11 is 0. The van der Waals surface area contributed by atoms with E-state index in [1.54, 1.807) is 10.7 Å². The van der Waals surface area contributed by atoms with Crippen LogP contribution < -0.4 is 5.32 Å². The monoisotopic (exact) mass is 308 g/mol. The number of nitrogens with one attached hydrogen (secondary N) is 1. The molecule has 0 spiro atoms. The molecular weight excluding hydrogens is 288 g/mol. The number of nitrogens with zero attached hydrogens (tertiary/aromatic N) is 3. The highest BCUT2D eigenvalue weighted by molar-refractivity contribution is 5.94. The van der Waals surface area contributed by atoms with Crippen molar-refractivity contribution in [3.05, 3.63) is 46.6 Å². The summed E-state index contributed by atoms with van der Waals surface area (Å²) in [4.78, 5) is 12.2. The maximum absolute atomic E-state index is 12.2. The molecule has 1 amide bonds. The molecule has 1 atom stereocenters. The van der Waals surface area contributed by atoms with Crippen molar-refractivity contribution in [1.82, 2.24) is 9.78 Å². The van der Waals surface area contributed by atoms with E-state index in [1.807, 2.05) is 25.2 Å². The van der Waals surface area contributed by atoms with Gasteiger partial charge in [0.1, 0.15) is 5.82 Å². The van der Waals surface area contributed by atoms with E-state index in [4.69, 9.17) is 0 Å². The van der Waals surface area contributed by atoms with E-state index >= 15 is 0 Å². The molecule has 0 aliphatic carbocycles. The summed E-state index contributed by atoms with van der Waals surface area (Å²) in [5, 5.41) is 17.0. The lowest BCUT2D eigenvalue weighted by molar-refractivity contribution is -0.116. The summed E-state index contributed by atoms with van der Waals surface area (Å²) in [7, 11) is 1.84. The smallest absolute Gasteiger partial charge is 0.226 e. The first-order valence-electron chi connectivity index (χ1n) is 7.69. The number of amides is 1. The molecule has 5 heteroatoms. The third kappa shape index (κ3) is 2.50. The number of aryl methyl sites for hydroxylation is 1. The number of fused-ring (bicyclic) bond motifs is 1. The second kappa shape index (κ2) is 5.24. The minimum atomic E-state index is -0.146. The molecule has 1 aromatic heterocycles. The molecule has 5 nitrogen and oxygen atoms in total. The van der Waals surface area contributed by atoms with Crippen molar-refractivity contribution < 1.29 is 4.79 Å². The molecule has 0 radical (unpaired) electrons. The summed E-state index contributed by atoms with van der Waals surface area (Å²) in [6.45, 7) is 6.33. The highest BCUT2D eigenvalue weighted by atomic mass is 16.1. The lowest BCUT2D eigenvalue weighted by Gasteiger charge is -2.27. The first kappa shape index (κ1) is 15.3. The Kier molecular flexibility index (Phi) is 3.48. The van der Waals surface area contributed by atoms with Crippen LogP contribution in [-0.4, -0.2) is 15.7 Å². The van der Waals surface area contributed by atoms with Gasteiger partial charge in [-0.1, -0.05) is 39.0 Å². The summed E-state index contributed by atoms with van der Waals surface area (Å²) < 4.78 is 1.73. The van der Waals surface area contributed by atoms with Gasteiger partial charge in [0.2, 0.25) is 5.91 Å². The zero-order valence-electron chi connectivity index (χ0n) is 13.8. The summed E-state index contributed by atoms with van der Waals surface area (Å²) in [6, 6.07) is 9.74. The second-order valence-electron chi connectivity index (χ2n) is 6.99. The van der Waals surface area contributed by atoms with Crippen LogP contribution in [0.5, 0.6) is 0 Å². The summed E-state index contributed by atoms with van der Waals surface area (Å²) in [5.41, 5.74) is 3.36. The minimum absolute atomic E-state index is 0.0429. The van der Waals surface area contributed by atoms with E-state index in [0.717, 1.165) is 22.6 Å². The largest absolute Gasteiger partial charge is 0.311 e. The first-order valence-corrected chi connectivity index (χ1v) is 7.69. The van der Waals surface area contributed by atoms with Gasteiger partial charge in [0.05, 0.1) is 17.3 Å². The van der Waals surface area contributed by atoms with Gasteiger partial charge in [-0.2, -0.15) is 10.4 Å². The van der Waals surface area contributed by atoms with Crippen molar-refractivity contribution >= 4 is 11.7 Å². The van der Waals surface area contributed by atoms with Gasteiger partial charge < -0.3 is 5.32 Å². The Hall–Kier alpha value is -2.61. The Labute approximate surface area is 135 Å². The van der Waals surface area contributed by atoms with Crippen molar-refractivity contribution in [2.24, 2.45) is 7.05 Å². The Morgan fingerprint density at radius 1 is 1.35 bits per heavy atom. The van der Waals surface area contributed by atoms with Crippen LogP contribution in [0.25, 0.3) is 0 Å². The van der Waals surface area contributed by atoms with E-state index in [2.05, 4.69) is 37.3 Å². The van der Waals surface area contributed by atoms with Gasteiger partial charge in [0.15, 0.2) is 0 Å². The molecule has 2 aromatic rings. The summed E-state index contributed by atoms with van der Waals surface area (Å²) in [6.07, 6.45) is 0.334. The Morgan fingerprint density at radius 3 is 2.70 bits per heavy atom. The normalized spacial score (nSPS) is 17.3. The van der Waals surface area contributed by atoms with Gasteiger partial charge in [0, 0.05) is 30.4 Å². The summed E-state index contributed by atoms with van der Waals surface area (Å²) in [5.74, 6) is 0.556. The Bertz CT molecular complexity index is 821. The predicted molar refractivity (Wildman–Crippen MR) is 88.2 cm³/mol. The zero-order valence-corrected chi connectivity index (χ0v) is 13.8. The minimum Gasteiger partial charge on any atom is -0.311 e. The van der Waals surface area contributed by atoms with Gasteiger partial charge >= 0.3 is 0 Å². The fraction of sp³-hybridized carbons (Fsp3) is 0.389. The maximum atomic E-state index is 12.2. The van der Waals surface area contributed by atoms with Gasteiger partial charge in [-0.15, -0.1) is 0 Å². The molecule has 1 aliphatic heterocycles. The topological polar surface area (TPSA) is 70.7 Å². The van der Waals surface area contributed by atoms with Crippen LogP contribution in [0.15, 0.2) is 24.3 Å². The molecule has 1 N–H and O–H groups in total. The molecule has 118 valence electrons. The second-order valence-corrected chi connectivity index (χ2v) is 6.99. The predicted octanol–water partition coefficient (Wildman–Crippen LogP) is 3.06. The Balaban J connectivity index is 2.27. The average molecular weight is 308 g/mol. The molecule has 0 fully saturated rings. The van der Waals surface area contributed by atoms with Crippen molar-refractivity contribution in [1.29, 1.82) is 5.26 Å². The molecule has 1 aromatic carbocycles. The molecule has 2 heterocycles. The van der Waals surface area contributed by atoms with Crippen molar-refractivity contribution in [2.75, 3.05) is 5.32 Å². The first-order chi connectivity index (χ1) is 10.8. The number of carbonyl (C=O) groups is 1. The number of nitriles is 1. The van der Waals surface area contributed by atoms with E-state index in [0.29, 0.717) is 12.0 Å². The van der Waals surface area contributed by atoms with Crippen LogP contribution in [0.3, 0.4) is 0 Å². The van der Waals surface area contributed by atoms with Gasteiger partial charge in [-0.05, 0) is 11.6 Å². The molecule has 1 aliphatic rings. The number of carbonyl (C=O) groups excluding carboxylic acids is 1. The van der Waals surface area contributed by atoms with E-state index in [1.165, 1.54) is 0 Å². The molecule has 23 heavy (non-hydrogen) atoms. The number of benzene rings is 1. The van der Waals surface area contributed by atoms with E-state index < -0.39 is 0 Å². The molecule has 3 rings (SSSR count). The quantitative estimate of drug-likeness (QED) is 0.880. The molecule has 1 unspecified atom stereocenters. The van der Waals surface area contributed by atoms with Gasteiger partial charge in [-0.25, -0.2) is 0 Å². The number of hydrogen-bond acceptors (Lipinski definition) is 3. The van der Waals surface area contributed by atoms with Crippen LogP contribution in [0, 0.1) is 11.3 Å². The van der Waals surface area contributed by atoms with Crippen LogP contribution >= 0.6 is 0 Å². The molecule has 0 bridgehead atoms. The fourth-order valence-corrected chi connectivity index (χ4v) is 3.21. The highest BCUT2D eigenvalue weighted by Crippen LogP contribution is 2.43. The van der Waals surface area contributed by atoms with Gasteiger partial charge in [-0.3, -0.25) is 9.48 Å². The van der Waals surface area contributed by atoms with Gasteiger partial charge in [0.25, 0.3) is 0 Å². The molecular formula is C18H20N4O. The average Bonchev–Trinajstić information content (AvgIpc) is 2.84. The lowest BCUT2D eigenvalue weighted by Crippen LogP contribution is -2.26. The number of hydrogen-bond donors (Lipinski definition) is 1.